The standard InChI is InChI=1S/C34H42N2O8/c1-9-41-20-18-33(5,6)43-30(39)35-24-16-12-10-14-22(24)28(37)26(35)27-29(38)23-15-11-13-17-25(23)36(27)31(40)44-34(7,8)19-21-42-32(2,3)4/h10-17H,9,18-21H2,1-8H3/b27-26+. The van der Waals surface area contributed by atoms with E-state index in [1.54, 1.807) is 76.2 Å². The highest BCUT2D eigenvalue weighted by atomic mass is 16.6. The zero-order valence-corrected chi connectivity index (χ0v) is 26.8. The summed E-state index contributed by atoms with van der Waals surface area (Å²) in [6.07, 6.45) is -0.936. The van der Waals surface area contributed by atoms with Gasteiger partial charge in [-0.25, -0.2) is 19.4 Å². The van der Waals surface area contributed by atoms with Gasteiger partial charge in [0.25, 0.3) is 0 Å². The Balaban J connectivity index is 1.78. The van der Waals surface area contributed by atoms with E-state index >= 15 is 0 Å². The molecule has 2 amide bonds. The van der Waals surface area contributed by atoms with E-state index in [0.29, 0.717) is 32.7 Å². The van der Waals surface area contributed by atoms with Crippen molar-refractivity contribution in [3.8, 4) is 0 Å². The second kappa shape index (κ2) is 12.5. The summed E-state index contributed by atoms with van der Waals surface area (Å²) in [6.45, 7) is 15.9. The lowest BCUT2D eigenvalue weighted by molar-refractivity contribution is -0.0389. The van der Waals surface area contributed by atoms with Crippen LogP contribution in [0.4, 0.5) is 21.0 Å². The van der Waals surface area contributed by atoms with Crippen LogP contribution in [0.2, 0.25) is 0 Å². The Labute approximate surface area is 258 Å². The molecule has 0 radical (unpaired) electrons. The molecule has 0 saturated carbocycles. The Morgan fingerprint density at radius 2 is 1.07 bits per heavy atom. The van der Waals surface area contributed by atoms with Crippen molar-refractivity contribution < 1.29 is 38.1 Å². The molecule has 4 rings (SSSR count). The summed E-state index contributed by atoms with van der Waals surface area (Å²) >= 11 is 0. The predicted molar refractivity (Wildman–Crippen MR) is 166 cm³/mol. The van der Waals surface area contributed by atoms with Crippen molar-refractivity contribution in [2.75, 3.05) is 29.6 Å². The van der Waals surface area contributed by atoms with Gasteiger partial charge in [-0.05, 0) is 79.7 Å². The third-order valence-corrected chi connectivity index (χ3v) is 7.26. The van der Waals surface area contributed by atoms with Crippen LogP contribution in [0.15, 0.2) is 59.9 Å². The van der Waals surface area contributed by atoms with E-state index in [1.165, 1.54) is 0 Å². The number of ketones is 2. The summed E-state index contributed by atoms with van der Waals surface area (Å²) in [5, 5.41) is 0. The van der Waals surface area contributed by atoms with Crippen molar-refractivity contribution >= 4 is 35.1 Å². The number of allylic oxidation sites excluding steroid dienone is 2. The number of anilines is 2. The van der Waals surface area contributed by atoms with E-state index in [1.807, 2.05) is 27.7 Å². The first-order valence-electron chi connectivity index (χ1n) is 14.9. The molecule has 44 heavy (non-hydrogen) atoms. The van der Waals surface area contributed by atoms with E-state index < -0.39 is 35.0 Å². The molecule has 0 aromatic heterocycles. The van der Waals surface area contributed by atoms with E-state index in [-0.39, 0.29) is 39.5 Å². The van der Waals surface area contributed by atoms with Gasteiger partial charge in [0.1, 0.15) is 22.6 Å². The molecule has 2 aromatic carbocycles. The number of hydrogen-bond acceptors (Lipinski definition) is 8. The second-order valence-electron chi connectivity index (χ2n) is 13.0. The van der Waals surface area contributed by atoms with Gasteiger partial charge >= 0.3 is 12.2 Å². The number of fused-ring (bicyclic) bond motifs is 2. The molecule has 0 atom stereocenters. The van der Waals surface area contributed by atoms with Crippen LogP contribution < -0.4 is 9.80 Å². The molecule has 0 spiro atoms. The van der Waals surface area contributed by atoms with Crippen LogP contribution >= 0.6 is 0 Å². The van der Waals surface area contributed by atoms with E-state index in [9.17, 15) is 19.2 Å². The fourth-order valence-electron chi connectivity index (χ4n) is 4.96. The average Bonchev–Trinajstić information content (AvgIpc) is 3.38. The first-order chi connectivity index (χ1) is 20.6. The van der Waals surface area contributed by atoms with E-state index in [4.69, 9.17) is 18.9 Å². The van der Waals surface area contributed by atoms with Crippen LogP contribution in [0.1, 0.15) is 88.9 Å². The summed E-state index contributed by atoms with van der Waals surface area (Å²) in [6, 6.07) is 13.0. The number of Topliss-reactive ketones (excluding diaryl/α,β-unsaturated/α-hetero) is 2. The van der Waals surface area contributed by atoms with Gasteiger partial charge in [0.15, 0.2) is 0 Å². The van der Waals surface area contributed by atoms with E-state index in [2.05, 4.69) is 0 Å². The lowest BCUT2D eigenvalue weighted by Gasteiger charge is -2.31. The van der Waals surface area contributed by atoms with Crippen molar-refractivity contribution in [2.45, 2.75) is 85.0 Å². The minimum atomic E-state index is -0.982. The first-order valence-corrected chi connectivity index (χ1v) is 14.9. The third kappa shape index (κ3) is 7.03. The topological polar surface area (TPSA) is 112 Å². The smallest absolute Gasteiger partial charge is 0.419 e. The lowest BCUT2D eigenvalue weighted by Crippen LogP contribution is -2.42. The fourth-order valence-corrected chi connectivity index (χ4v) is 4.96. The molecule has 2 heterocycles. The highest BCUT2D eigenvalue weighted by Crippen LogP contribution is 2.43. The van der Waals surface area contributed by atoms with E-state index in [0.717, 1.165) is 9.80 Å². The summed E-state index contributed by atoms with van der Waals surface area (Å²) in [4.78, 5) is 58.0. The molecular formula is C34H42N2O8. The summed E-state index contributed by atoms with van der Waals surface area (Å²) in [5.41, 5.74) is -1.94. The molecule has 0 saturated heterocycles. The summed E-state index contributed by atoms with van der Waals surface area (Å²) in [5.74, 6) is -1.17. The Morgan fingerprint density at radius 3 is 1.48 bits per heavy atom. The zero-order chi connectivity index (χ0) is 32.4. The Bertz CT molecular complexity index is 1480. The summed E-state index contributed by atoms with van der Waals surface area (Å²) in [7, 11) is 0. The maximum absolute atomic E-state index is 14.0. The number of amides is 2. The molecule has 0 aliphatic carbocycles. The second-order valence-corrected chi connectivity index (χ2v) is 13.0. The number of para-hydroxylation sites is 2. The average molecular weight is 607 g/mol. The number of nitrogens with zero attached hydrogens (tertiary/aromatic N) is 2. The predicted octanol–water partition coefficient (Wildman–Crippen LogP) is 7.07. The summed E-state index contributed by atoms with van der Waals surface area (Å²) < 4.78 is 23.1. The van der Waals surface area contributed by atoms with Gasteiger partial charge in [0.05, 0.1) is 30.2 Å². The number of carbonyl (C=O) groups is 4. The largest absolute Gasteiger partial charge is 0.443 e. The maximum Gasteiger partial charge on any atom is 0.419 e. The molecule has 2 aliphatic rings. The van der Waals surface area contributed by atoms with Crippen molar-refractivity contribution in [3.63, 3.8) is 0 Å². The minimum Gasteiger partial charge on any atom is -0.443 e. The normalized spacial score (nSPS) is 16.7. The fraction of sp³-hybridized carbons (Fsp3) is 0.471. The van der Waals surface area contributed by atoms with Crippen LogP contribution in [0.25, 0.3) is 0 Å². The van der Waals surface area contributed by atoms with Crippen LogP contribution in [0.3, 0.4) is 0 Å². The zero-order valence-electron chi connectivity index (χ0n) is 26.8. The van der Waals surface area contributed by atoms with Crippen molar-refractivity contribution in [2.24, 2.45) is 0 Å². The Hall–Kier alpha value is -4.02. The van der Waals surface area contributed by atoms with Gasteiger partial charge in [-0.15, -0.1) is 0 Å². The highest BCUT2D eigenvalue weighted by Gasteiger charge is 2.48. The number of ether oxygens (including phenoxy) is 4. The van der Waals surface area contributed by atoms with Gasteiger partial charge in [-0.2, -0.15) is 0 Å². The van der Waals surface area contributed by atoms with Crippen LogP contribution in [-0.2, 0) is 18.9 Å². The monoisotopic (exact) mass is 606 g/mol. The third-order valence-electron chi connectivity index (χ3n) is 7.26. The molecule has 0 fully saturated rings. The molecule has 2 aromatic rings. The lowest BCUT2D eigenvalue weighted by atomic mass is 10.1. The molecule has 10 nitrogen and oxygen atoms in total. The van der Waals surface area contributed by atoms with Gasteiger partial charge in [0.2, 0.25) is 11.6 Å². The van der Waals surface area contributed by atoms with Gasteiger partial charge < -0.3 is 18.9 Å². The number of hydrogen-bond donors (Lipinski definition) is 0. The number of benzene rings is 2. The van der Waals surface area contributed by atoms with Crippen molar-refractivity contribution in [1.29, 1.82) is 0 Å². The molecule has 10 heteroatoms. The molecule has 0 unspecified atom stereocenters. The molecule has 2 aliphatic heterocycles. The Kier molecular flexibility index (Phi) is 9.37. The SMILES string of the molecule is CCOCCC(C)(C)OC(=O)N1/C(=C2\C(=O)c3ccccc3N2C(=O)OC(C)(C)CCOC(C)(C)C)C(=O)c2ccccc21. The Morgan fingerprint density at radius 1 is 0.659 bits per heavy atom. The van der Waals surface area contributed by atoms with Crippen LogP contribution in [0.5, 0.6) is 0 Å². The quantitative estimate of drug-likeness (QED) is 0.220. The minimum absolute atomic E-state index is 0.204. The molecule has 0 N–H and O–H groups in total. The maximum atomic E-state index is 14.0. The highest BCUT2D eigenvalue weighted by molar-refractivity contribution is 6.33. The van der Waals surface area contributed by atoms with Crippen molar-refractivity contribution in [1.82, 2.24) is 0 Å². The van der Waals surface area contributed by atoms with Gasteiger partial charge in [0, 0.05) is 30.6 Å². The van der Waals surface area contributed by atoms with Gasteiger partial charge in [-0.3, -0.25) is 9.59 Å². The van der Waals surface area contributed by atoms with Crippen LogP contribution in [0, 0.1) is 0 Å². The molecule has 0 bridgehead atoms. The number of rotatable bonds is 9. The first kappa shape index (κ1) is 32.9. The van der Waals surface area contributed by atoms with Crippen LogP contribution in [-0.4, -0.2) is 60.4 Å². The molecule has 236 valence electrons. The van der Waals surface area contributed by atoms with Crippen molar-refractivity contribution in [3.05, 3.63) is 71.1 Å². The van der Waals surface area contributed by atoms with Gasteiger partial charge in [-0.1, -0.05) is 24.3 Å². The number of carbonyl (C=O) groups excluding carboxylic acids is 4. The molecular weight excluding hydrogens is 564 g/mol.